The smallest absolute Gasteiger partial charge is 0.122 e. The minimum Gasteiger partial charge on any atom is -0.493 e. The molecule has 2 rings (SSSR count). The van der Waals surface area contributed by atoms with Crippen LogP contribution in [0.5, 0.6) is 5.75 Å². The van der Waals surface area contributed by atoms with Crippen LogP contribution in [0.4, 0.5) is 0 Å². The molecule has 0 aromatic heterocycles. The third-order valence-corrected chi connectivity index (χ3v) is 3.03. The molecule has 0 fully saturated rings. The van der Waals surface area contributed by atoms with Crippen molar-refractivity contribution in [1.82, 2.24) is 4.90 Å². The van der Waals surface area contributed by atoms with Crippen molar-refractivity contribution in [2.24, 2.45) is 0 Å². The summed E-state index contributed by atoms with van der Waals surface area (Å²) in [6.07, 6.45) is 0. The molecule has 0 N–H and O–H groups in total. The van der Waals surface area contributed by atoms with Crippen LogP contribution in [0.25, 0.3) is 0 Å². The van der Waals surface area contributed by atoms with Gasteiger partial charge in [-0.25, -0.2) is 0 Å². The SMILES string of the molecule is CC(Cl)CN(C)CC1COc2ccccc21. The summed E-state index contributed by atoms with van der Waals surface area (Å²) in [4.78, 5) is 2.27. The van der Waals surface area contributed by atoms with Gasteiger partial charge in [-0.3, -0.25) is 0 Å². The van der Waals surface area contributed by atoms with E-state index in [-0.39, 0.29) is 5.38 Å². The Hall–Kier alpha value is -0.730. The van der Waals surface area contributed by atoms with Gasteiger partial charge in [0, 0.05) is 29.9 Å². The maximum absolute atomic E-state index is 5.99. The number of halogens is 1. The zero-order valence-corrected chi connectivity index (χ0v) is 10.6. The van der Waals surface area contributed by atoms with Crippen LogP contribution in [0, 0.1) is 0 Å². The lowest BCUT2D eigenvalue weighted by Gasteiger charge is -2.21. The number of hydrogen-bond acceptors (Lipinski definition) is 2. The van der Waals surface area contributed by atoms with E-state index < -0.39 is 0 Å². The van der Waals surface area contributed by atoms with Gasteiger partial charge in [0.25, 0.3) is 0 Å². The molecule has 2 unspecified atom stereocenters. The average molecular weight is 240 g/mol. The summed E-state index contributed by atoms with van der Waals surface area (Å²) >= 11 is 5.99. The number of alkyl halides is 1. The third kappa shape index (κ3) is 2.69. The summed E-state index contributed by atoms with van der Waals surface area (Å²) in [6, 6.07) is 8.29. The zero-order chi connectivity index (χ0) is 11.5. The molecule has 88 valence electrons. The van der Waals surface area contributed by atoms with Crippen LogP contribution in [0.3, 0.4) is 0 Å². The van der Waals surface area contributed by atoms with Crippen LogP contribution in [0.2, 0.25) is 0 Å². The first-order chi connectivity index (χ1) is 7.66. The van der Waals surface area contributed by atoms with Crippen molar-refractivity contribution >= 4 is 11.6 Å². The average Bonchev–Trinajstić information content (AvgIpc) is 2.61. The maximum Gasteiger partial charge on any atom is 0.122 e. The lowest BCUT2D eigenvalue weighted by atomic mass is 10.0. The lowest BCUT2D eigenvalue weighted by molar-refractivity contribution is 0.268. The number of rotatable bonds is 4. The van der Waals surface area contributed by atoms with Crippen molar-refractivity contribution in [3.05, 3.63) is 29.8 Å². The van der Waals surface area contributed by atoms with E-state index in [4.69, 9.17) is 16.3 Å². The van der Waals surface area contributed by atoms with Gasteiger partial charge in [0.2, 0.25) is 0 Å². The quantitative estimate of drug-likeness (QED) is 0.750. The second-order valence-corrected chi connectivity index (χ2v) is 5.29. The molecule has 3 heteroatoms. The van der Waals surface area contributed by atoms with Gasteiger partial charge < -0.3 is 9.64 Å². The van der Waals surface area contributed by atoms with Gasteiger partial charge in [-0.05, 0) is 20.0 Å². The summed E-state index contributed by atoms with van der Waals surface area (Å²) in [6.45, 7) is 4.74. The molecule has 1 aliphatic heterocycles. The minimum atomic E-state index is 0.197. The molecule has 0 saturated carbocycles. The van der Waals surface area contributed by atoms with Crippen LogP contribution < -0.4 is 4.74 Å². The monoisotopic (exact) mass is 239 g/mol. The normalized spacial score (nSPS) is 20.6. The highest BCUT2D eigenvalue weighted by Gasteiger charge is 2.24. The summed E-state index contributed by atoms with van der Waals surface area (Å²) < 4.78 is 5.66. The van der Waals surface area contributed by atoms with E-state index in [9.17, 15) is 0 Å². The second kappa shape index (κ2) is 5.07. The summed E-state index contributed by atoms with van der Waals surface area (Å²) in [5.41, 5.74) is 1.33. The molecule has 0 radical (unpaired) electrons. The Balaban J connectivity index is 1.98. The third-order valence-electron chi connectivity index (χ3n) is 2.89. The van der Waals surface area contributed by atoms with Gasteiger partial charge in [0.15, 0.2) is 0 Å². The summed E-state index contributed by atoms with van der Waals surface area (Å²) in [5, 5.41) is 0.197. The number of fused-ring (bicyclic) bond motifs is 1. The fraction of sp³-hybridized carbons (Fsp3) is 0.538. The molecule has 0 bridgehead atoms. The molecule has 1 aliphatic rings. The van der Waals surface area contributed by atoms with E-state index >= 15 is 0 Å². The molecule has 16 heavy (non-hydrogen) atoms. The Bertz CT molecular complexity index is 354. The van der Waals surface area contributed by atoms with Crippen molar-refractivity contribution in [2.75, 3.05) is 26.7 Å². The molecule has 1 aromatic rings. The largest absolute Gasteiger partial charge is 0.493 e. The van der Waals surface area contributed by atoms with E-state index in [0.29, 0.717) is 5.92 Å². The fourth-order valence-corrected chi connectivity index (χ4v) is 2.50. The molecule has 0 spiro atoms. The number of nitrogens with zero attached hydrogens (tertiary/aromatic N) is 1. The standard InChI is InChI=1S/C13H18ClNO/c1-10(14)7-15(2)8-11-9-16-13-6-4-3-5-12(11)13/h3-6,10-11H,7-9H2,1-2H3. The zero-order valence-electron chi connectivity index (χ0n) is 9.82. The van der Waals surface area contributed by atoms with Crippen LogP contribution in [0.1, 0.15) is 18.4 Å². The topological polar surface area (TPSA) is 12.5 Å². The van der Waals surface area contributed by atoms with E-state index in [0.717, 1.165) is 25.4 Å². The van der Waals surface area contributed by atoms with Gasteiger partial charge in [-0.15, -0.1) is 11.6 Å². The number of ether oxygens (including phenoxy) is 1. The predicted octanol–water partition coefficient (Wildman–Crippen LogP) is 2.72. The van der Waals surface area contributed by atoms with Gasteiger partial charge in [0.05, 0.1) is 6.61 Å². The van der Waals surface area contributed by atoms with Crippen molar-refractivity contribution in [2.45, 2.75) is 18.2 Å². The summed E-state index contributed by atoms with van der Waals surface area (Å²) in [7, 11) is 2.11. The second-order valence-electron chi connectivity index (χ2n) is 4.55. The number of benzene rings is 1. The van der Waals surface area contributed by atoms with Gasteiger partial charge in [0.1, 0.15) is 5.75 Å². The van der Waals surface area contributed by atoms with E-state index in [1.807, 2.05) is 19.1 Å². The van der Waals surface area contributed by atoms with E-state index in [1.54, 1.807) is 0 Å². The van der Waals surface area contributed by atoms with Crippen molar-refractivity contribution < 1.29 is 4.74 Å². The van der Waals surface area contributed by atoms with Crippen molar-refractivity contribution in [3.63, 3.8) is 0 Å². The maximum atomic E-state index is 5.99. The Morgan fingerprint density at radius 3 is 3.00 bits per heavy atom. The van der Waals surface area contributed by atoms with Crippen LogP contribution in [0.15, 0.2) is 24.3 Å². The van der Waals surface area contributed by atoms with Crippen molar-refractivity contribution in [3.8, 4) is 5.75 Å². The lowest BCUT2D eigenvalue weighted by Crippen LogP contribution is -2.29. The van der Waals surface area contributed by atoms with Crippen molar-refractivity contribution in [1.29, 1.82) is 0 Å². The van der Waals surface area contributed by atoms with E-state index in [1.165, 1.54) is 5.56 Å². The van der Waals surface area contributed by atoms with Crippen LogP contribution >= 0.6 is 11.6 Å². The molecular weight excluding hydrogens is 222 g/mol. The Morgan fingerprint density at radius 1 is 1.50 bits per heavy atom. The number of para-hydroxylation sites is 1. The van der Waals surface area contributed by atoms with E-state index in [2.05, 4.69) is 24.1 Å². The molecule has 1 heterocycles. The first-order valence-electron chi connectivity index (χ1n) is 5.71. The molecule has 2 nitrogen and oxygen atoms in total. The number of hydrogen-bond donors (Lipinski definition) is 0. The van der Waals surface area contributed by atoms with Crippen LogP contribution in [-0.2, 0) is 0 Å². The highest BCUT2D eigenvalue weighted by Crippen LogP contribution is 2.33. The highest BCUT2D eigenvalue weighted by molar-refractivity contribution is 6.20. The minimum absolute atomic E-state index is 0.197. The van der Waals surface area contributed by atoms with Gasteiger partial charge in [-0.1, -0.05) is 18.2 Å². The molecule has 0 saturated heterocycles. The highest BCUT2D eigenvalue weighted by atomic mass is 35.5. The summed E-state index contributed by atoms with van der Waals surface area (Å²) in [5.74, 6) is 1.52. The number of likely N-dealkylation sites (N-methyl/N-ethyl adjacent to an activating group) is 1. The molecule has 1 aromatic carbocycles. The first kappa shape index (κ1) is 11.7. The Kier molecular flexibility index (Phi) is 3.72. The predicted molar refractivity (Wildman–Crippen MR) is 67.5 cm³/mol. The molecular formula is C13H18ClNO. The Morgan fingerprint density at radius 2 is 2.25 bits per heavy atom. The van der Waals surface area contributed by atoms with Gasteiger partial charge >= 0.3 is 0 Å². The van der Waals surface area contributed by atoms with Crippen LogP contribution in [-0.4, -0.2) is 37.0 Å². The van der Waals surface area contributed by atoms with Gasteiger partial charge in [-0.2, -0.15) is 0 Å². The molecule has 0 amide bonds. The Labute approximate surface area is 102 Å². The molecule has 2 atom stereocenters. The first-order valence-corrected chi connectivity index (χ1v) is 6.15. The molecule has 0 aliphatic carbocycles. The fourth-order valence-electron chi connectivity index (χ4n) is 2.26.